The fraction of sp³-hybridized carbons (Fsp3) is 0.556. The number of likely N-dealkylation sites (tertiary alicyclic amines) is 1. The number of benzene rings is 1. The van der Waals surface area contributed by atoms with Gasteiger partial charge < -0.3 is 29.9 Å². The summed E-state index contributed by atoms with van der Waals surface area (Å²) in [7, 11) is 0. The Labute approximate surface area is 228 Å². The molecule has 40 heavy (non-hydrogen) atoms. The second-order valence-corrected chi connectivity index (χ2v) is 10.7. The summed E-state index contributed by atoms with van der Waals surface area (Å²) in [4.78, 5) is 22.2. The maximum Gasteiger partial charge on any atom is 0.389 e. The Hall–Kier alpha value is -3.19. The molecule has 2 atom stereocenters. The van der Waals surface area contributed by atoms with Crippen molar-refractivity contribution in [2.75, 3.05) is 67.6 Å². The SMILES string of the molecule is Cc1ccc(NC(=O)N2CC[C@@H](CC(F)(F)F)C2)cc1-c1cc(N2CCOCC2)nc(N2C[C@H](O)C(F)(F)C2)c1. The first kappa shape index (κ1) is 28.3. The zero-order chi connectivity index (χ0) is 28.7. The van der Waals surface area contributed by atoms with E-state index in [1.165, 1.54) is 9.80 Å². The van der Waals surface area contributed by atoms with Gasteiger partial charge in [-0.15, -0.1) is 0 Å². The third-order valence-electron chi connectivity index (χ3n) is 7.63. The lowest BCUT2D eigenvalue weighted by atomic mass is 10.00. The monoisotopic (exact) mass is 569 g/mol. The number of morpholine rings is 1. The first-order valence-corrected chi connectivity index (χ1v) is 13.3. The van der Waals surface area contributed by atoms with E-state index in [1.54, 1.807) is 18.2 Å². The van der Waals surface area contributed by atoms with Gasteiger partial charge in [0.05, 0.1) is 26.3 Å². The molecule has 3 saturated heterocycles. The number of alkyl halides is 5. The number of hydrogen-bond acceptors (Lipinski definition) is 6. The Bertz CT molecular complexity index is 1240. The topological polar surface area (TPSA) is 81.2 Å². The highest BCUT2D eigenvalue weighted by Crippen LogP contribution is 2.36. The number of nitrogens with zero attached hydrogens (tertiary/aromatic N) is 4. The Morgan fingerprint density at radius 2 is 1.80 bits per heavy atom. The molecule has 0 aliphatic carbocycles. The summed E-state index contributed by atoms with van der Waals surface area (Å²) < 4.78 is 72.1. The molecule has 5 rings (SSSR count). The summed E-state index contributed by atoms with van der Waals surface area (Å²) in [5.74, 6) is -2.99. The third-order valence-corrected chi connectivity index (χ3v) is 7.63. The van der Waals surface area contributed by atoms with Crippen LogP contribution in [0.15, 0.2) is 30.3 Å². The zero-order valence-electron chi connectivity index (χ0n) is 22.1. The van der Waals surface area contributed by atoms with Gasteiger partial charge in [0.25, 0.3) is 5.92 Å². The Kier molecular flexibility index (Phi) is 7.79. The molecule has 0 saturated carbocycles. The molecule has 1 aromatic carbocycles. The standard InChI is InChI=1S/C27H32F5N5O3/c1-17-2-3-20(33-25(39)36-5-4-18(14-36)13-27(30,31)32)12-21(17)19-10-23(35-6-8-40-9-7-35)34-24(11-19)37-15-22(38)26(28,29)16-37/h2-3,10-12,18,22,38H,4-9,13-16H2,1H3,(H,33,39)/t18-,22-/m0/s1. The van der Waals surface area contributed by atoms with Crippen LogP contribution in [-0.4, -0.2) is 91.7 Å². The van der Waals surface area contributed by atoms with Gasteiger partial charge in [0.15, 0.2) is 0 Å². The molecule has 3 aliphatic rings. The lowest BCUT2D eigenvalue weighted by Gasteiger charge is -2.29. The summed E-state index contributed by atoms with van der Waals surface area (Å²) in [6, 6.07) is 8.35. The number of ether oxygens (including phenoxy) is 1. The molecule has 0 unspecified atom stereocenters. The minimum Gasteiger partial charge on any atom is -0.385 e. The van der Waals surface area contributed by atoms with Crippen molar-refractivity contribution in [1.29, 1.82) is 0 Å². The number of hydrogen-bond donors (Lipinski definition) is 2. The van der Waals surface area contributed by atoms with Gasteiger partial charge in [-0.25, -0.2) is 18.6 Å². The van der Waals surface area contributed by atoms with Crippen LogP contribution in [-0.2, 0) is 4.74 Å². The molecule has 8 nitrogen and oxygen atoms in total. The Balaban J connectivity index is 1.40. The van der Waals surface area contributed by atoms with Crippen LogP contribution in [0.4, 0.5) is 44.1 Å². The van der Waals surface area contributed by atoms with Gasteiger partial charge in [-0.05, 0) is 60.2 Å². The molecule has 0 spiro atoms. The average Bonchev–Trinajstić information content (AvgIpc) is 3.47. The van der Waals surface area contributed by atoms with E-state index in [4.69, 9.17) is 4.74 Å². The fourth-order valence-electron chi connectivity index (χ4n) is 5.44. The number of amides is 2. The first-order chi connectivity index (χ1) is 18.9. The predicted molar refractivity (Wildman–Crippen MR) is 140 cm³/mol. The van der Waals surface area contributed by atoms with Crippen LogP contribution in [0.5, 0.6) is 0 Å². The quantitative estimate of drug-likeness (QED) is 0.516. The van der Waals surface area contributed by atoms with Gasteiger partial charge >= 0.3 is 12.2 Å². The van der Waals surface area contributed by atoms with E-state index in [0.29, 0.717) is 55.6 Å². The van der Waals surface area contributed by atoms with Crippen molar-refractivity contribution >= 4 is 23.4 Å². The van der Waals surface area contributed by atoms with Crippen molar-refractivity contribution in [3.8, 4) is 11.1 Å². The Morgan fingerprint density at radius 1 is 1.10 bits per heavy atom. The molecule has 3 aliphatic heterocycles. The number of aliphatic hydroxyl groups is 1. The number of carbonyl (C=O) groups is 1. The summed E-state index contributed by atoms with van der Waals surface area (Å²) >= 11 is 0. The fourth-order valence-corrected chi connectivity index (χ4v) is 5.44. The van der Waals surface area contributed by atoms with E-state index in [0.717, 1.165) is 11.1 Å². The zero-order valence-corrected chi connectivity index (χ0v) is 22.1. The van der Waals surface area contributed by atoms with E-state index in [9.17, 15) is 31.9 Å². The number of carbonyl (C=O) groups excluding carboxylic acids is 1. The number of aryl methyl sites for hydroxylation is 1. The van der Waals surface area contributed by atoms with Gasteiger partial charge in [0, 0.05) is 38.3 Å². The number of rotatable bonds is 5. The maximum absolute atomic E-state index is 14.2. The highest BCUT2D eigenvalue weighted by atomic mass is 19.4. The minimum absolute atomic E-state index is 0.0347. The van der Waals surface area contributed by atoms with Gasteiger partial charge in [0.2, 0.25) is 0 Å². The molecular formula is C27H32F5N5O3. The summed E-state index contributed by atoms with van der Waals surface area (Å²) in [5.41, 5.74) is 2.75. The summed E-state index contributed by atoms with van der Waals surface area (Å²) in [5, 5.41) is 12.7. The van der Waals surface area contributed by atoms with Crippen molar-refractivity contribution in [2.24, 2.45) is 5.92 Å². The summed E-state index contributed by atoms with van der Waals surface area (Å²) in [6.07, 6.45) is -6.69. The van der Waals surface area contributed by atoms with Gasteiger partial charge in [-0.3, -0.25) is 0 Å². The number of anilines is 3. The van der Waals surface area contributed by atoms with Crippen LogP contribution in [0.2, 0.25) is 0 Å². The second kappa shape index (κ2) is 11.0. The lowest BCUT2D eigenvalue weighted by Crippen LogP contribution is -2.37. The van der Waals surface area contributed by atoms with Crippen molar-refractivity contribution in [2.45, 2.75) is 38.0 Å². The number of aliphatic hydroxyl groups excluding tert-OH is 1. The molecule has 3 fully saturated rings. The number of aromatic nitrogens is 1. The molecular weight excluding hydrogens is 537 g/mol. The lowest BCUT2D eigenvalue weighted by molar-refractivity contribution is -0.143. The van der Waals surface area contributed by atoms with E-state index >= 15 is 0 Å². The molecule has 0 radical (unpaired) electrons. The number of nitrogens with one attached hydrogen (secondary N) is 1. The van der Waals surface area contributed by atoms with Crippen molar-refractivity contribution in [3.63, 3.8) is 0 Å². The summed E-state index contributed by atoms with van der Waals surface area (Å²) in [6.45, 7) is 3.40. The van der Waals surface area contributed by atoms with Crippen LogP contribution in [0.1, 0.15) is 18.4 Å². The molecule has 2 amide bonds. The molecule has 0 bridgehead atoms. The van der Waals surface area contributed by atoms with Crippen LogP contribution < -0.4 is 15.1 Å². The third kappa shape index (κ3) is 6.41. The smallest absolute Gasteiger partial charge is 0.385 e. The number of halogens is 5. The predicted octanol–water partition coefficient (Wildman–Crippen LogP) is 4.52. The van der Waals surface area contributed by atoms with E-state index in [-0.39, 0.29) is 19.6 Å². The van der Waals surface area contributed by atoms with Crippen LogP contribution in [0, 0.1) is 12.8 Å². The number of β-amino-alcohol motifs (C(OH)–C–C–N with tert-alkyl or cyclic N) is 1. The Morgan fingerprint density at radius 3 is 2.45 bits per heavy atom. The molecule has 13 heteroatoms. The van der Waals surface area contributed by atoms with Gasteiger partial charge in [-0.1, -0.05) is 6.07 Å². The van der Waals surface area contributed by atoms with Crippen LogP contribution in [0.25, 0.3) is 11.1 Å². The second-order valence-electron chi connectivity index (χ2n) is 10.7. The highest BCUT2D eigenvalue weighted by Gasteiger charge is 2.47. The van der Waals surface area contributed by atoms with E-state index < -0.39 is 43.1 Å². The number of urea groups is 1. The van der Waals surface area contributed by atoms with Crippen molar-refractivity contribution in [1.82, 2.24) is 9.88 Å². The first-order valence-electron chi connectivity index (χ1n) is 13.3. The molecule has 4 heterocycles. The van der Waals surface area contributed by atoms with Crippen LogP contribution in [0.3, 0.4) is 0 Å². The van der Waals surface area contributed by atoms with Crippen LogP contribution >= 0.6 is 0 Å². The largest absolute Gasteiger partial charge is 0.389 e. The number of pyridine rings is 1. The molecule has 1 aromatic heterocycles. The molecule has 2 aromatic rings. The molecule has 218 valence electrons. The normalized spacial score (nSPS) is 23.1. The van der Waals surface area contributed by atoms with Crippen molar-refractivity contribution < 1.29 is 36.6 Å². The van der Waals surface area contributed by atoms with Gasteiger partial charge in [0.1, 0.15) is 17.7 Å². The van der Waals surface area contributed by atoms with E-state index in [2.05, 4.69) is 10.3 Å². The average molecular weight is 570 g/mol. The van der Waals surface area contributed by atoms with E-state index in [1.807, 2.05) is 24.0 Å². The minimum atomic E-state index is -4.27. The van der Waals surface area contributed by atoms with Gasteiger partial charge in [-0.2, -0.15) is 13.2 Å². The van der Waals surface area contributed by atoms with Crippen molar-refractivity contribution in [3.05, 3.63) is 35.9 Å². The maximum atomic E-state index is 14.2. The highest BCUT2D eigenvalue weighted by molar-refractivity contribution is 5.91. The molecule has 2 N–H and O–H groups in total.